The summed E-state index contributed by atoms with van der Waals surface area (Å²) in [7, 11) is 0. The van der Waals surface area contributed by atoms with Gasteiger partial charge in [0.2, 0.25) is 0 Å². The maximum atomic E-state index is 11.9. The van der Waals surface area contributed by atoms with Gasteiger partial charge in [0.05, 0.1) is 0 Å². The summed E-state index contributed by atoms with van der Waals surface area (Å²) < 4.78 is 5.54. The van der Waals surface area contributed by atoms with Gasteiger partial charge in [0.1, 0.15) is 11.9 Å². The van der Waals surface area contributed by atoms with Crippen LogP contribution in [0, 0.1) is 0 Å². The van der Waals surface area contributed by atoms with Crippen LogP contribution in [0.25, 0.3) is 0 Å². The summed E-state index contributed by atoms with van der Waals surface area (Å²) in [5.74, 6) is 1.93. The number of nitrogens with one attached hydrogen (secondary N) is 4. The van der Waals surface area contributed by atoms with E-state index in [9.17, 15) is 4.79 Å². The molecule has 1 aliphatic carbocycles. The molecule has 3 heterocycles. The standard InChI is InChI=1S/C18H24N6O2/c25-18-21-7-2-1-6-19-16-10-13(5-8-20-16)22-17-11-15(23-24-17)12-3-4-14(9-12)26-18/h5,8,10-12,14H,1-4,6-7,9H2,(H,19,20)(H,21,25)(H2,22,23,24)/t12-,14+/m0/s1. The zero-order chi connectivity index (χ0) is 17.8. The van der Waals surface area contributed by atoms with Gasteiger partial charge in [0, 0.05) is 48.7 Å². The van der Waals surface area contributed by atoms with Gasteiger partial charge in [0.25, 0.3) is 0 Å². The lowest BCUT2D eigenvalue weighted by Crippen LogP contribution is -2.29. The Morgan fingerprint density at radius 1 is 1.08 bits per heavy atom. The van der Waals surface area contributed by atoms with Crippen LogP contribution in [-0.2, 0) is 4.74 Å². The molecule has 1 amide bonds. The number of rotatable bonds is 0. The van der Waals surface area contributed by atoms with Crippen LogP contribution in [0.4, 0.5) is 22.1 Å². The first-order valence-electron chi connectivity index (χ1n) is 9.23. The lowest BCUT2D eigenvalue weighted by atomic mass is 10.0. The summed E-state index contributed by atoms with van der Waals surface area (Å²) in [5, 5.41) is 16.9. The van der Waals surface area contributed by atoms with Crippen molar-refractivity contribution in [3.05, 3.63) is 30.1 Å². The third kappa shape index (κ3) is 4.07. The highest BCUT2D eigenvalue weighted by Crippen LogP contribution is 2.36. The Bertz CT molecular complexity index is 762. The molecule has 2 atom stereocenters. The van der Waals surface area contributed by atoms with E-state index in [1.54, 1.807) is 6.20 Å². The van der Waals surface area contributed by atoms with E-state index >= 15 is 0 Å². The number of alkyl carbamates (subject to hydrolysis) is 1. The number of anilines is 3. The van der Waals surface area contributed by atoms with Crippen LogP contribution in [0.15, 0.2) is 24.4 Å². The molecule has 8 heteroatoms. The van der Waals surface area contributed by atoms with E-state index in [0.29, 0.717) is 12.5 Å². The molecule has 0 spiro atoms. The zero-order valence-electron chi connectivity index (χ0n) is 14.6. The minimum absolute atomic E-state index is 0.0250. The highest BCUT2D eigenvalue weighted by Gasteiger charge is 2.29. The Labute approximate surface area is 152 Å². The van der Waals surface area contributed by atoms with Gasteiger partial charge < -0.3 is 20.7 Å². The summed E-state index contributed by atoms with van der Waals surface area (Å²) in [5.41, 5.74) is 2.02. The summed E-state index contributed by atoms with van der Waals surface area (Å²) in [4.78, 5) is 16.3. The Morgan fingerprint density at radius 2 is 1.96 bits per heavy atom. The van der Waals surface area contributed by atoms with E-state index in [1.165, 1.54) is 0 Å². The second kappa shape index (κ2) is 7.63. The van der Waals surface area contributed by atoms with E-state index in [2.05, 4.69) is 31.1 Å². The number of carbonyl (C=O) groups is 1. The number of pyridine rings is 1. The van der Waals surface area contributed by atoms with E-state index in [-0.39, 0.29) is 12.2 Å². The largest absolute Gasteiger partial charge is 0.446 e. The molecule has 0 unspecified atom stereocenters. The van der Waals surface area contributed by atoms with Crippen molar-refractivity contribution >= 4 is 23.4 Å². The molecule has 6 bridgehead atoms. The quantitative estimate of drug-likeness (QED) is 0.578. The Morgan fingerprint density at radius 3 is 2.88 bits per heavy atom. The van der Waals surface area contributed by atoms with Gasteiger partial charge in [-0.15, -0.1) is 0 Å². The summed E-state index contributed by atoms with van der Waals surface area (Å²) in [6.07, 6.45) is 5.97. The summed E-state index contributed by atoms with van der Waals surface area (Å²) in [6, 6.07) is 5.93. The number of ether oxygens (including phenoxy) is 1. The molecule has 2 aromatic heterocycles. The smallest absolute Gasteiger partial charge is 0.407 e. The molecule has 2 aromatic rings. The number of hydrogen-bond donors (Lipinski definition) is 4. The Kier molecular flexibility index (Phi) is 4.90. The van der Waals surface area contributed by atoms with E-state index < -0.39 is 0 Å². The van der Waals surface area contributed by atoms with E-state index in [4.69, 9.17) is 4.74 Å². The maximum Gasteiger partial charge on any atom is 0.407 e. The summed E-state index contributed by atoms with van der Waals surface area (Å²) in [6.45, 7) is 1.42. The minimum Gasteiger partial charge on any atom is -0.446 e. The average molecular weight is 356 g/mol. The fourth-order valence-electron chi connectivity index (χ4n) is 3.54. The van der Waals surface area contributed by atoms with Crippen LogP contribution in [0.2, 0.25) is 0 Å². The van der Waals surface area contributed by atoms with Crippen LogP contribution in [0.3, 0.4) is 0 Å². The normalized spacial score (nSPS) is 23.6. The van der Waals surface area contributed by atoms with E-state index in [0.717, 1.165) is 61.7 Å². The average Bonchev–Trinajstić information content (AvgIpc) is 3.27. The van der Waals surface area contributed by atoms with Crippen LogP contribution < -0.4 is 16.0 Å². The number of H-pyrrole nitrogens is 1. The molecule has 2 aliphatic rings. The van der Waals surface area contributed by atoms with Crippen molar-refractivity contribution in [3.8, 4) is 0 Å². The number of hydrogen-bond acceptors (Lipinski definition) is 6. The number of fused-ring (bicyclic) bond motifs is 7. The second-order valence-electron chi connectivity index (χ2n) is 6.86. The minimum atomic E-state index is -0.314. The van der Waals surface area contributed by atoms with Crippen LogP contribution in [0.5, 0.6) is 0 Å². The van der Waals surface area contributed by atoms with Crippen molar-refractivity contribution in [1.82, 2.24) is 20.5 Å². The highest BCUT2D eigenvalue weighted by molar-refractivity contribution is 5.67. The molecule has 0 saturated heterocycles. The van der Waals surface area contributed by atoms with Gasteiger partial charge in [-0.2, -0.15) is 5.10 Å². The fourth-order valence-corrected chi connectivity index (χ4v) is 3.54. The SMILES string of the molecule is O=C1NCCCCNc2cc(ccn2)Nc2cc([nH]n2)[C@H]2CC[C@H](C2)O1. The van der Waals surface area contributed by atoms with Crippen molar-refractivity contribution in [2.24, 2.45) is 0 Å². The molecule has 1 saturated carbocycles. The third-order valence-corrected chi connectivity index (χ3v) is 4.91. The zero-order valence-corrected chi connectivity index (χ0v) is 14.6. The number of aromatic amines is 1. The third-order valence-electron chi connectivity index (χ3n) is 4.91. The Hall–Kier alpha value is -2.77. The number of carbonyl (C=O) groups excluding carboxylic acids is 1. The van der Waals surface area contributed by atoms with Gasteiger partial charge in [0.15, 0.2) is 5.82 Å². The first-order valence-corrected chi connectivity index (χ1v) is 9.23. The van der Waals surface area contributed by atoms with Crippen molar-refractivity contribution in [2.45, 2.75) is 44.1 Å². The van der Waals surface area contributed by atoms with Gasteiger partial charge >= 0.3 is 6.09 Å². The number of aromatic nitrogens is 3. The van der Waals surface area contributed by atoms with Gasteiger partial charge in [-0.1, -0.05) is 0 Å². The second-order valence-corrected chi connectivity index (χ2v) is 6.86. The van der Waals surface area contributed by atoms with Crippen molar-refractivity contribution < 1.29 is 9.53 Å². The molecular weight excluding hydrogens is 332 g/mol. The fraction of sp³-hybridized carbons (Fsp3) is 0.500. The van der Waals surface area contributed by atoms with Gasteiger partial charge in [-0.25, -0.2) is 9.78 Å². The first kappa shape index (κ1) is 16.7. The van der Waals surface area contributed by atoms with Crippen LogP contribution >= 0.6 is 0 Å². The van der Waals surface area contributed by atoms with Gasteiger partial charge in [-0.05, 0) is 38.2 Å². The topological polar surface area (TPSA) is 104 Å². The molecule has 4 rings (SSSR count). The molecule has 0 aromatic carbocycles. The molecular formula is C18H24N6O2. The lowest BCUT2D eigenvalue weighted by molar-refractivity contribution is 0.100. The molecule has 0 radical (unpaired) electrons. The van der Waals surface area contributed by atoms with Crippen LogP contribution in [0.1, 0.15) is 43.7 Å². The number of nitrogens with zero attached hydrogens (tertiary/aromatic N) is 2. The molecule has 1 fully saturated rings. The van der Waals surface area contributed by atoms with Gasteiger partial charge in [-0.3, -0.25) is 5.10 Å². The highest BCUT2D eigenvalue weighted by atomic mass is 16.6. The van der Waals surface area contributed by atoms with Crippen LogP contribution in [-0.4, -0.2) is 40.5 Å². The van der Waals surface area contributed by atoms with E-state index in [1.807, 2.05) is 18.2 Å². The monoisotopic (exact) mass is 356 g/mol. The lowest BCUT2D eigenvalue weighted by Gasteiger charge is -2.13. The molecule has 1 aliphatic heterocycles. The first-order chi connectivity index (χ1) is 12.8. The van der Waals surface area contributed by atoms with Crippen molar-refractivity contribution in [1.29, 1.82) is 0 Å². The van der Waals surface area contributed by atoms with Crippen molar-refractivity contribution in [3.63, 3.8) is 0 Å². The molecule has 4 N–H and O–H groups in total. The molecule has 8 nitrogen and oxygen atoms in total. The Balaban J connectivity index is 1.51. The maximum absolute atomic E-state index is 11.9. The predicted octanol–water partition coefficient (Wildman–Crippen LogP) is 3.12. The number of amides is 1. The summed E-state index contributed by atoms with van der Waals surface area (Å²) >= 11 is 0. The predicted molar refractivity (Wildman–Crippen MR) is 98.7 cm³/mol. The van der Waals surface area contributed by atoms with Crippen molar-refractivity contribution in [2.75, 3.05) is 23.7 Å². The molecule has 26 heavy (non-hydrogen) atoms. The molecule has 138 valence electrons.